The second-order valence-corrected chi connectivity index (χ2v) is 4.44. The maximum absolute atomic E-state index is 5.85. The molecule has 5 nitrogen and oxygen atoms in total. The van der Waals surface area contributed by atoms with Crippen molar-refractivity contribution in [3.8, 4) is 11.5 Å². The van der Waals surface area contributed by atoms with Crippen LogP contribution in [0.2, 0.25) is 0 Å². The summed E-state index contributed by atoms with van der Waals surface area (Å²) in [6.07, 6.45) is 2.53. The van der Waals surface area contributed by atoms with E-state index in [1.54, 1.807) is 26.5 Å². The number of ether oxygens (including phenoxy) is 2. The Bertz CT molecular complexity index is 551. The van der Waals surface area contributed by atoms with Crippen molar-refractivity contribution < 1.29 is 9.47 Å². The van der Waals surface area contributed by atoms with Crippen LogP contribution in [-0.2, 0) is 6.42 Å². The lowest BCUT2D eigenvalue weighted by molar-refractivity contribution is 0.354. The zero-order valence-corrected chi connectivity index (χ0v) is 11.5. The summed E-state index contributed by atoms with van der Waals surface area (Å²) in [4.78, 5) is 0. The van der Waals surface area contributed by atoms with Gasteiger partial charge < -0.3 is 15.2 Å². The molecule has 0 aliphatic rings. The number of aromatic nitrogens is 2. The summed E-state index contributed by atoms with van der Waals surface area (Å²) in [5, 5.41) is 4.22. The molecule has 102 valence electrons. The van der Waals surface area contributed by atoms with Crippen LogP contribution in [0.3, 0.4) is 0 Å². The minimum absolute atomic E-state index is 0.188. The van der Waals surface area contributed by atoms with Crippen LogP contribution in [0, 0.1) is 0 Å². The fourth-order valence-electron chi connectivity index (χ4n) is 2.13. The normalized spacial score (nSPS) is 12.2. The number of methoxy groups -OCH3 is 2. The van der Waals surface area contributed by atoms with Crippen molar-refractivity contribution in [2.24, 2.45) is 0 Å². The van der Waals surface area contributed by atoms with Gasteiger partial charge in [-0.2, -0.15) is 5.10 Å². The van der Waals surface area contributed by atoms with Gasteiger partial charge in [0.1, 0.15) is 5.82 Å². The average molecular weight is 261 g/mol. The smallest absolute Gasteiger partial charge is 0.160 e. The molecule has 0 amide bonds. The van der Waals surface area contributed by atoms with Gasteiger partial charge in [-0.15, -0.1) is 0 Å². The van der Waals surface area contributed by atoms with Crippen molar-refractivity contribution in [1.82, 2.24) is 9.78 Å². The number of hydrogen-bond acceptors (Lipinski definition) is 4. The minimum Gasteiger partial charge on any atom is -0.493 e. The van der Waals surface area contributed by atoms with E-state index in [2.05, 4.69) is 12.0 Å². The maximum atomic E-state index is 5.85. The molecule has 5 heteroatoms. The predicted molar refractivity (Wildman–Crippen MR) is 74.6 cm³/mol. The highest BCUT2D eigenvalue weighted by molar-refractivity contribution is 5.43. The van der Waals surface area contributed by atoms with Gasteiger partial charge in [0.25, 0.3) is 0 Å². The van der Waals surface area contributed by atoms with Crippen molar-refractivity contribution in [3.05, 3.63) is 36.0 Å². The topological polar surface area (TPSA) is 62.3 Å². The van der Waals surface area contributed by atoms with Gasteiger partial charge in [-0.3, -0.25) is 0 Å². The molecule has 0 radical (unpaired) electrons. The van der Waals surface area contributed by atoms with Gasteiger partial charge in [0.2, 0.25) is 0 Å². The molecule has 0 saturated heterocycles. The Morgan fingerprint density at radius 2 is 1.95 bits per heavy atom. The first kappa shape index (κ1) is 13.3. The summed E-state index contributed by atoms with van der Waals surface area (Å²) in [5.74, 6) is 2.14. The number of nitrogen functional groups attached to an aromatic ring is 1. The number of nitrogens with zero attached hydrogens (tertiary/aromatic N) is 2. The summed E-state index contributed by atoms with van der Waals surface area (Å²) in [5.41, 5.74) is 7.01. The molecule has 1 unspecified atom stereocenters. The van der Waals surface area contributed by atoms with E-state index in [9.17, 15) is 0 Å². The van der Waals surface area contributed by atoms with Crippen molar-refractivity contribution >= 4 is 5.82 Å². The van der Waals surface area contributed by atoms with Crippen LogP contribution in [0.25, 0.3) is 0 Å². The monoisotopic (exact) mass is 261 g/mol. The Kier molecular flexibility index (Phi) is 3.94. The Hall–Kier alpha value is -2.17. The van der Waals surface area contributed by atoms with E-state index in [0.29, 0.717) is 5.82 Å². The van der Waals surface area contributed by atoms with Crippen LogP contribution < -0.4 is 15.2 Å². The standard InChI is InChI=1S/C14H19N3O2/c1-10(17-14(15)6-7-16-17)8-11-4-5-12(18-2)13(9-11)19-3/h4-7,9-10H,8,15H2,1-3H3. The van der Waals surface area contributed by atoms with E-state index in [-0.39, 0.29) is 6.04 Å². The van der Waals surface area contributed by atoms with Crippen LogP contribution in [-0.4, -0.2) is 24.0 Å². The van der Waals surface area contributed by atoms with Gasteiger partial charge >= 0.3 is 0 Å². The summed E-state index contributed by atoms with van der Waals surface area (Å²) in [6, 6.07) is 7.90. The van der Waals surface area contributed by atoms with Crippen LogP contribution >= 0.6 is 0 Å². The van der Waals surface area contributed by atoms with Gasteiger partial charge in [0.05, 0.1) is 26.5 Å². The third kappa shape index (κ3) is 2.81. The lowest BCUT2D eigenvalue weighted by atomic mass is 10.1. The number of benzene rings is 1. The van der Waals surface area contributed by atoms with E-state index >= 15 is 0 Å². The van der Waals surface area contributed by atoms with Crippen molar-refractivity contribution in [2.75, 3.05) is 20.0 Å². The Labute approximate surface area is 112 Å². The summed E-state index contributed by atoms with van der Waals surface area (Å²) >= 11 is 0. The fourth-order valence-corrected chi connectivity index (χ4v) is 2.13. The SMILES string of the molecule is COc1ccc(CC(C)n2nccc2N)cc1OC. The van der Waals surface area contributed by atoms with Crippen LogP contribution in [0.5, 0.6) is 11.5 Å². The minimum atomic E-state index is 0.188. The van der Waals surface area contributed by atoms with E-state index in [4.69, 9.17) is 15.2 Å². The fraction of sp³-hybridized carbons (Fsp3) is 0.357. The highest BCUT2D eigenvalue weighted by Gasteiger charge is 2.11. The quantitative estimate of drug-likeness (QED) is 0.897. The molecule has 2 rings (SSSR count). The van der Waals surface area contributed by atoms with Gasteiger partial charge in [0, 0.05) is 0 Å². The lowest BCUT2D eigenvalue weighted by Crippen LogP contribution is -2.12. The van der Waals surface area contributed by atoms with Gasteiger partial charge in [-0.25, -0.2) is 4.68 Å². The van der Waals surface area contributed by atoms with E-state index < -0.39 is 0 Å². The molecule has 2 aromatic rings. The first-order chi connectivity index (χ1) is 9.15. The molecular weight excluding hydrogens is 242 g/mol. The van der Waals surface area contributed by atoms with E-state index in [1.807, 2.05) is 22.9 Å². The second-order valence-electron chi connectivity index (χ2n) is 4.44. The van der Waals surface area contributed by atoms with Gasteiger partial charge in [-0.05, 0) is 37.1 Å². The number of hydrogen-bond donors (Lipinski definition) is 1. The van der Waals surface area contributed by atoms with Crippen LogP contribution in [0.4, 0.5) is 5.82 Å². The van der Waals surface area contributed by atoms with Crippen molar-refractivity contribution in [1.29, 1.82) is 0 Å². The van der Waals surface area contributed by atoms with E-state index in [0.717, 1.165) is 23.5 Å². The van der Waals surface area contributed by atoms with Gasteiger partial charge in [0.15, 0.2) is 11.5 Å². The number of anilines is 1. The molecule has 0 spiro atoms. The highest BCUT2D eigenvalue weighted by Crippen LogP contribution is 2.29. The molecule has 19 heavy (non-hydrogen) atoms. The number of rotatable bonds is 5. The Balaban J connectivity index is 2.17. The summed E-state index contributed by atoms with van der Waals surface area (Å²) in [7, 11) is 3.27. The second kappa shape index (κ2) is 5.65. The van der Waals surface area contributed by atoms with Gasteiger partial charge in [-0.1, -0.05) is 6.07 Å². The molecule has 0 bridgehead atoms. The first-order valence-corrected chi connectivity index (χ1v) is 6.15. The highest BCUT2D eigenvalue weighted by atomic mass is 16.5. The first-order valence-electron chi connectivity index (χ1n) is 6.15. The summed E-state index contributed by atoms with van der Waals surface area (Å²) in [6.45, 7) is 2.08. The molecule has 0 aliphatic carbocycles. The molecule has 1 aromatic carbocycles. The third-order valence-electron chi connectivity index (χ3n) is 3.10. The molecule has 0 saturated carbocycles. The molecule has 0 aliphatic heterocycles. The lowest BCUT2D eigenvalue weighted by Gasteiger charge is -2.15. The van der Waals surface area contributed by atoms with Crippen LogP contribution in [0.15, 0.2) is 30.5 Å². The van der Waals surface area contributed by atoms with Crippen LogP contribution in [0.1, 0.15) is 18.5 Å². The number of nitrogens with two attached hydrogens (primary N) is 1. The largest absolute Gasteiger partial charge is 0.493 e. The average Bonchev–Trinajstić information content (AvgIpc) is 2.85. The molecular formula is C14H19N3O2. The zero-order chi connectivity index (χ0) is 13.8. The van der Waals surface area contributed by atoms with Crippen molar-refractivity contribution in [3.63, 3.8) is 0 Å². The molecule has 0 fully saturated rings. The third-order valence-corrected chi connectivity index (χ3v) is 3.10. The Morgan fingerprint density at radius 1 is 1.21 bits per heavy atom. The predicted octanol–water partition coefficient (Wildman–Crippen LogP) is 2.29. The molecule has 2 N–H and O–H groups in total. The van der Waals surface area contributed by atoms with E-state index in [1.165, 1.54) is 0 Å². The molecule has 1 atom stereocenters. The maximum Gasteiger partial charge on any atom is 0.160 e. The summed E-state index contributed by atoms with van der Waals surface area (Å²) < 4.78 is 12.3. The zero-order valence-electron chi connectivity index (χ0n) is 11.5. The molecule has 1 heterocycles. The Morgan fingerprint density at radius 3 is 2.53 bits per heavy atom. The molecule has 1 aromatic heterocycles. The van der Waals surface area contributed by atoms with Crippen molar-refractivity contribution in [2.45, 2.75) is 19.4 Å².